The first kappa shape index (κ1) is 19.4. The van der Waals surface area contributed by atoms with Crippen molar-refractivity contribution in [2.75, 3.05) is 0 Å². The highest BCUT2D eigenvalue weighted by atomic mass is 79.9. The van der Waals surface area contributed by atoms with Crippen molar-refractivity contribution in [1.29, 1.82) is 0 Å². The zero-order chi connectivity index (χ0) is 21.0. The van der Waals surface area contributed by atoms with Crippen LogP contribution >= 0.6 is 39.1 Å². The predicted octanol–water partition coefficient (Wildman–Crippen LogP) is 6.20. The number of carbonyl (C=O) groups is 1. The fourth-order valence-electron chi connectivity index (χ4n) is 3.76. The molecule has 5 rings (SSSR count). The first-order valence-corrected chi connectivity index (χ1v) is 10.5. The molecule has 1 atom stereocenters. The molecule has 8 heteroatoms. The lowest BCUT2D eigenvalue weighted by molar-refractivity contribution is 0.0701. The molecule has 0 radical (unpaired) electrons. The highest BCUT2D eigenvalue weighted by Gasteiger charge is 2.43. The molecular weight excluding hydrogens is 493 g/mol. The molecule has 1 amide bonds. The maximum Gasteiger partial charge on any atom is 0.291 e. The number of amides is 1. The molecule has 1 aliphatic heterocycles. The first-order valence-electron chi connectivity index (χ1n) is 8.98. The SMILES string of the molecule is O=C1c2oc3ccc(Br)cc3c(=O)c2[C@H](c2ccc(Cl)c(Cl)c2)N1Cc1ccco1. The van der Waals surface area contributed by atoms with Gasteiger partial charge in [-0.2, -0.15) is 0 Å². The minimum absolute atomic E-state index is 0.0254. The van der Waals surface area contributed by atoms with Crippen LogP contribution in [0.25, 0.3) is 11.0 Å². The molecule has 5 nitrogen and oxygen atoms in total. The largest absolute Gasteiger partial charge is 0.467 e. The molecule has 30 heavy (non-hydrogen) atoms. The summed E-state index contributed by atoms with van der Waals surface area (Å²) >= 11 is 15.7. The minimum Gasteiger partial charge on any atom is -0.467 e. The first-order chi connectivity index (χ1) is 14.4. The van der Waals surface area contributed by atoms with Crippen molar-refractivity contribution in [2.45, 2.75) is 12.6 Å². The molecule has 0 saturated carbocycles. The molecule has 0 unspecified atom stereocenters. The number of nitrogens with zero attached hydrogens (tertiary/aromatic N) is 1. The summed E-state index contributed by atoms with van der Waals surface area (Å²) in [6.07, 6.45) is 1.53. The summed E-state index contributed by atoms with van der Waals surface area (Å²) in [6, 6.07) is 13.0. The maximum atomic E-state index is 13.5. The van der Waals surface area contributed by atoms with Crippen LogP contribution in [0.2, 0.25) is 10.0 Å². The Balaban J connectivity index is 1.77. The topological polar surface area (TPSA) is 63.7 Å². The summed E-state index contributed by atoms with van der Waals surface area (Å²) in [5, 5.41) is 1.11. The molecule has 3 heterocycles. The fourth-order valence-corrected chi connectivity index (χ4v) is 4.42. The van der Waals surface area contributed by atoms with E-state index in [0.29, 0.717) is 32.3 Å². The number of hydrogen-bond donors (Lipinski definition) is 0. The van der Waals surface area contributed by atoms with Gasteiger partial charge in [0, 0.05) is 4.47 Å². The van der Waals surface area contributed by atoms with Crippen molar-refractivity contribution in [3.8, 4) is 0 Å². The molecule has 150 valence electrons. The summed E-state index contributed by atoms with van der Waals surface area (Å²) in [5.41, 5.74) is 1.02. The Kier molecular flexibility index (Phi) is 4.73. The number of benzene rings is 2. The van der Waals surface area contributed by atoms with Gasteiger partial charge < -0.3 is 13.7 Å². The Bertz CT molecular complexity index is 1360. The second-order valence-electron chi connectivity index (χ2n) is 6.90. The van der Waals surface area contributed by atoms with Crippen molar-refractivity contribution in [3.05, 3.63) is 102 Å². The molecule has 0 aliphatic carbocycles. The summed E-state index contributed by atoms with van der Waals surface area (Å²) in [7, 11) is 0. The van der Waals surface area contributed by atoms with E-state index >= 15 is 0 Å². The van der Waals surface area contributed by atoms with E-state index in [0.717, 1.165) is 4.47 Å². The molecule has 0 bridgehead atoms. The Labute approximate surface area is 188 Å². The minimum atomic E-state index is -0.688. The number of rotatable bonds is 3. The third-order valence-corrected chi connectivity index (χ3v) is 6.33. The van der Waals surface area contributed by atoms with Crippen molar-refractivity contribution < 1.29 is 13.6 Å². The van der Waals surface area contributed by atoms with Crippen LogP contribution in [0.3, 0.4) is 0 Å². The summed E-state index contributed by atoms with van der Waals surface area (Å²) in [4.78, 5) is 28.3. The van der Waals surface area contributed by atoms with E-state index in [1.165, 1.54) is 6.26 Å². The van der Waals surface area contributed by atoms with Gasteiger partial charge in [0.1, 0.15) is 11.3 Å². The van der Waals surface area contributed by atoms with Crippen LogP contribution in [-0.4, -0.2) is 10.8 Å². The fraction of sp³-hybridized carbons (Fsp3) is 0.0909. The van der Waals surface area contributed by atoms with E-state index in [1.807, 2.05) is 0 Å². The lowest BCUT2D eigenvalue weighted by Crippen LogP contribution is -2.29. The predicted molar refractivity (Wildman–Crippen MR) is 117 cm³/mol. The quantitative estimate of drug-likeness (QED) is 0.333. The van der Waals surface area contributed by atoms with Gasteiger partial charge in [0.05, 0.1) is 39.8 Å². The highest BCUT2D eigenvalue weighted by molar-refractivity contribution is 9.10. The van der Waals surface area contributed by atoms with Gasteiger partial charge in [0.25, 0.3) is 5.91 Å². The Morgan fingerprint density at radius 2 is 1.87 bits per heavy atom. The third-order valence-electron chi connectivity index (χ3n) is 5.09. The number of fused-ring (bicyclic) bond motifs is 2. The van der Waals surface area contributed by atoms with E-state index in [4.69, 9.17) is 32.0 Å². The maximum absolute atomic E-state index is 13.5. The number of furan rings is 1. The number of halogens is 3. The molecule has 2 aromatic heterocycles. The van der Waals surface area contributed by atoms with E-state index in [2.05, 4.69) is 15.9 Å². The molecule has 1 aliphatic rings. The second-order valence-corrected chi connectivity index (χ2v) is 8.63. The van der Waals surface area contributed by atoms with E-state index in [9.17, 15) is 9.59 Å². The lowest BCUT2D eigenvalue weighted by Gasteiger charge is -2.24. The molecule has 0 spiro atoms. The number of hydrogen-bond acceptors (Lipinski definition) is 4. The van der Waals surface area contributed by atoms with Crippen LogP contribution in [0.5, 0.6) is 0 Å². The van der Waals surface area contributed by atoms with Crippen molar-refractivity contribution in [2.24, 2.45) is 0 Å². The Morgan fingerprint density at radius 1 is 1.03 bits per heavy atom. The number of carbonyl (C=O) groups excluding carboxylic acids is 1. The standard InChI is InChI=1S/C22H12BrCl2NO4/c23-12-4-6-17-14(9-12)20(27)18-19(11-3-5-15(24)16(25)8-11)26(22(28)21(18)30-17)10-13-2-1-7-29-13/h1-9,19H,10H2/t19-/m0/s1. The van der Waals surface area contributed by atoms with Gasteiger partial charge in [-0.3, -0.25) is 9.59 Å². The van der Waals surface area contributed by atoms with Gasteiger partial charge in [0.15, 0.2) is 5.43 Å². The van der Waals surface area contributed by atoms with Gasteiger partial charge in [0.2, 0.25) is 5.76 Å². The molecule has 0 N–H and O–H groups in total. The van der Waals surface area contributed by atoms with Crippen LogP contribution < -0.4 is 5.43 Å². The van der Waals surface area contributed by atoms with Crippen LogP contribution in [0.1, 0.15) is 33.5 Å². The summed E-state index contributed by atoms with van der Waals surface area (Å²) < 4.78 is 12.1. The lowest BCUT2D eigenvalue weighted by atomic mass is 9.98. The molecule has 0 fully saturated rings. The zero-order valence-corrected chi connectivity index (χ0v) is 18.3. The summed E-state index contributed by atoms with van der Waals surface area (Å²) in [5.74, 6) is 0.220. The van der Waals surface area contributed by atoms with E-state index in [-0.39, 0.29) is 29.2 Å². The van der Waals surface area contributed by atoms with Crippen molar-refractivity contribution in [3.63, 3.8) is 0 Å². The Morgan fingerprint density at radius 3 is 2.60 bits per heavy atom. The van der Waals surface area contributed by atoms with Gasteiger partial charge in [-0.15, -0.1) is 0 Å². The molecule has 2 aromatic carbocycles. The normalized spacial score (nSPS) is 15.8. The molecule has 4 aromatic rings. The van der Waals surface area contributed by atoms with E-state index in [1.54, 1.807) is 53.4 Å². The molecule has 0 saturated heterocycles. The van der Waals surface area contributed by atoms with E-state index < -0.39 is 6.04 Å². The van der Waals surface area contributed by atoms with Crippen LogP contribution in [0, 0.1) is 0 Å². The molecular formula is C22H12BrCl2NO4. The zero-order valence-electron chi connectivity index (χ0n) is 15.2. The van der Waals surface area contributed by atoms with Crippen LogP contribution in [0.15, 0.2) is 72.9 Å². The van der Waals surface area contributed by atoms with Gasteiger partial charge in [-0.25, -0.2) is 0 Å². The van der Waals surface area contributed by atoms with Gasteiger partial charge in [-0.1, -0.05) is 45.2 Å². The van der Waals surface area contributed by atoms with Gasteiger partial charge >= 0.3 is 0 Å². The van der Waals surface area contributed by atoms with Gasteiger partial charge in [-0.05, 0) is 48.0 Å². The Hall–Kier alpha value is -2.54. The highest BCUT2D eigenvalue weighted by Crippen LogP contribution is 2.40. The smallest absolute Gasteiger partial charge is 0.291 e. The third kappa shape index (κ3) is 3.07. The van der Waals surface area contributed by atoms with Crippen molar-refractivity contribution in [1.82, 2.24) is 4.90 Å². The van der Waals surface area contributed by atoms with Crippen LogP contribution in [0.4, 0.5) is 0 Å². The monoisotopic (exact) mass is 503 g/mol. The second kappa shape index (κ2) is 7.30. The average molecular weight is 505 g/mol. The average Bonchev–Trinajstić information content (AvgIpc) is 3.33. The summed E-state index contributed by atoms with van der Waals surface area (Å²) in [6.45, 7) is 0.167. The van der Waals surface area contributed by atoms with Crippen LogP contribution in [-0.2, 0) is 6.54 Å². The van der Waals surface area contributed by atoms with Crippen molar-refractivity contribution >= 4 is 56.0 Å².